The average Bonchev–Trinajstić information content (AvgIpc) is 1.85. The number of unbranched alkanes of at least 4 members (excludes halogenated alkanes) is 4. The minimum atomic E-state index is -3.96. The molecule has 0 fully saturated rings. The Balaban J connectivity index is 0. The van der Waals surface area contributed by atoms with Crippen LogP contribution in [0.1, 0.15) is 39.0 Å². The molecule has 0 unspecified atom stereocenters. The summed E-state index contributed by atoms with van der Waals surface area (Å²) in [7, 11) is -3.96. The second-order valence-electron chi connectivity index (χ2n) is 2.68. The third-order valence-electron chi connectivity index (χ3n) is 1.50. The predicted octanol–water partition coefficient (Wildman–Crippen LogP) is -1.49. The number of rotatable bonds is 6. The van der Waals surface area contributed by atoms with Gasteiger partial charge < -0.3 is 4.55 Å². The van der Waals surface area contributed by atoms with Gasteiger partial charge in [0.2, 0.25) is 0 Å². The summed E-state index contributed by atoms with van der Waals surface area (Å²) in [6, 6.07) is 0. The molecule has 0 spiro atoms. The Morgan fingerprint density at radius 1 is 1.08 bits per heavy atom. The van der Waals surface area contributed by atoms with Crippen molar-refractivity contribution in [3.8, 4) is 0 Å². The molecule has 5 heteroatoms. The number of hydrogen-bond donors (Lipinski definition) is 0. The molecule has 0 aromatic heterocycles. The molecular weight excluding hydrogens is 250 g/mol. The summed E-state index contributed by atoms with van der Waals surface area (Å²) in [6.07, 6.45) is 4.66. The van der Waals surface area contributed by atoms with Gasteiger partial charge in [-0.1, -0.05) is 32.6 Å². The van der Waals surface area contributed by atoms with Gasteiger partial charge in [-0.25, -0.2) is 8.42 Å². The monoisotopic (exact) mass is 264 g/mol. The van der Waals surface area contributed by atoms with Crippen LogP contribution in [0.2, 0.25) is 0 Å². The van der Waals surface area contributed by atoms with E-state index < -0.39 is 10.1 Å². The van der Waals surface area contributed by atoms with Crippen LogP contribution in [0.4, 0.5) is 0 Å². The van der Waals surface area contributed by atoms with Gasteiger partial charge in [0.15, 0.2) is 0 Å². The maximum absolute atomic E-state index is 10.1. The van der Waals surface area contributed by atoms with Crippen molar-refractivity contribution in [2.24, 2.45) is 0 Å². The molecule has 0 amide bonds. The fourth-order valence-electron chi connectivity index (χ4n) is 0.882. The predicted molar refractivity (Wildman–Crippen MR) is 43.3 cm³/mol. The van der Waals surface area contributed by atoms with Gasteiger partial charge in [0.1, 0.15) is 0 Å². The van der Waals surface area contributed by atoms with Gasteiger partial charge in [-0.05, 0) is 6.42 Å². The van der Waals surface area contributed by atoms with Crippen molar-refractivity contribution in [2.75, 3.05) is 5.75 Å². The van der Waals surface area contributed by atoms with Crippen LogP contribution in [0.3, 0.4) is 0 Å². The van der Waals surface area contributed by atoms with Crippen LogP contribution >= 0.6 is 0 Å². The standard InChI is InChI=1S/C7H16O3S.Rb/c1-2-3-4-5-6-7-11(8,9)10;/h2-7H2,1H3,(H,8,9,10);/q;+1/p-1. The summed E-state index contributed by atoms with van der Waals surface area (Å²) < 4.78 is 30.3. The molecule has 0 saturated heterocycles. The molecule has 0 aromatic carbocycles. The van der Waals surface area contributed by atoms with Gasteiger partial charge in [0.05, 0.1) is 10.1 Å². The molecule has 68 valence electrons. The van der Waals surface area contributed by atoms with Crippen molar-refractivity contribution < 1.29 is 71.2 Å². The molecular formula is C7H15O3RbS. The van der Waals surface area contributed by atoms with Gasteiger partial charge in [0.25, 0.3) is 0 Å². The van der Waals surface area contributed by atoms with Crippen LogP contribution in [0.25, 0.3) is 0 Å². The number of hydrogen-bond acceptors (Lipinski definition) is 3. The van der Waals surface area contributed by atoms with Crippen LogP contribution < -0.4 is 58.2 Å². The van der Waals surface area contributed by atoms with E-state index in [0.717, 1.165) is 25.7 Å². The summed E-state index contributed by atoms with van der Waals surface area (Å²) in [5, 5.41) is 0. The molecule has 0 radical (unpaired) electrons. The van der Waals surface area contributed by atoms with Gasteiger partial charge in [0, 0.05) is 5.75 Å². The van der Waals surface area contributed by atoms with Gasteiger partial charge in [-0.2, -0.15) is 0 Å². The van der Waals surface area contributed by atoms with E-state index in [-0.39, 0.29) is 63.9 Å². The molecule has 0 aliphatic carbocycles. The Morgan fingerprint density at radius 2 is 1.58 bits per heavy atom. The molecule has 0 atom stereocenters. The molecule has 12 heavy (non-hydrogen) atoms. The van der Waals surface area contributed by atoms with E-state index in [1.54, 1.807) is 0 Å². The summed E-state index contributed by atoms with van der Waals surface area (Å²) in [4.78, 5) is 0. The SMILES string of the molecule is CCCCCCCS(=O)(=O)[O-].[Rb+]. The first-order chi connectivity index (χ1) is 5.06. The van der Waals surface area contributed by atoms with Gasteiger partial charge in [-0.15, -0.1) is 0 Å². The molecule has 0 N–H and O–H groups in total. The Kier molecular flexibility index (Phi) is 12.5. The Morgan fingerprint density at radius 3 is 2.00 bits per heavy atom. The fraction of sp³-hybridized carbons (Fsp3) is 1.00. The van der Waals surface area contributed by atoms with Crippen molar-refractivity contribution >= 4 is 10.1 Å². The smallest absolute Gasteiger partial charge is 0.748 e. The van der Waals surface area contributed by atoms with Crippen molar-refractivity contribution in [3.63, 3.8) is 0 Å². The second kappa shape index (κ2) is 9.28. The van der Waals surface area contributed by atoms with E-state index in [9.17, 15) is 13.0 Å². The Labute approximate surface area is 124 Å². The zero-order valence-corrected chi connectivity index (χ0v) is 13.6. The van der Waals surface area contributed by atoms with Gasteiger partial charge in [-0.3, -0.25) is 0 Å². The summed E-state index contributed by atoms with van der Waals surface area (Å²) in [6.45, 7) is 2.09. The first kappa shape index (κ1) is 16.2. The molecule has 0 heterocycles. The second-order valence-corrected chi connectivity index (χ2v) is 4.20. The first-order valence-electron chi connectivity index (χ1n) is 4.00. The quantitative estimate of drug-likeness (QED) is 0.434. The molecule has 0 aromatic rings. The minimum absolute atomic E-state index is 0. The summed E-state index contributed by atoms with van der Waals surface area (Å²) in [5.41, 5.74) is 0. The topological polar surface area (TPSA) is 57.2 Å². The van der Waals surface area contributed by atoms with Crippen molar-refractivity contribution in [1.82, 2.24) is 0 Å². The zero-order valence-electron chi connectivity index (χ0n) is 7.88. The van der Waals surface area contributed by atoms with E-state index in [1.165, 1.54) is 0 Å². The summed E-state index contributed by atoms with van der Waals surface area (Å²) in [5.74, 6) is -0.198. The normalized spacial score (nSPS) is 10.8. The average molecular weight is 265 g/mol. The van der Waals surface area contributed by atoms with Crippen LogP contribution in [-0.2, 0) is 10.1 Å². The molecule has 0 rings (SSSR count). The third kappa shape index (κ3) is 14.3. The van der Waals surface area contributed by atoms with Crippen molar-refractivity contribution in [2.45, 2.75) is 39.0 Å². The Hall–Kier alpha value is 1.72. The van der Waals surface area contributed by atoms with Crippen LogP contribution in [-0.4, -0.2) is 18.7 Å². The van der Waals surface area contributed by atoms with E-state index in [1.807, 2.05) is 0 Å². The first-order valence-corrected chi connectivity index (χ1v) is 5.57. The van der Waals surface area contributed by atoms with Crippen molar-refractivity contribution in [3.05, 3.63) is 0 Å². The van der Waals surface area contributed by atoms with Crippen molar-refractivity contribution in [1.29, 1.82) is 0 Å². The molecule has 0 aliphatic rings. The van der Waals surface area contributed by atoms with Gasteiger partial charge >= 0.3 is 58.2 Å². The third-order valence-corrected chi connectivity index (χ3v) is 2.29. The Bertz CT molecular complexity index is 177. The zero-order chi connectivity index (χ0) is 8.74. The minimum Gasteiger partial charge on any atom is -0.748 e. The maximum Gasteiger partial charge on any atom is 1.00 e. The molecule has 0 bridgehead atoms. The molecule has 3 nitrogen and oxygen atoms in total. The van der Waals surface area contributed by atoms with E-state index >= 15 is 0 Å². The van der Waals surface area contributed by atoms with E-state index in [2.05, 4.69) is 6.92 Å². The van der Waals surface area contributed by atoms with E-state index in [0.29, 0.717) is 6.42 Å². The fourth-order valence-corrected chi connectivity index (χ4v) is 1.44. The molecule has 0 aliphatic heterocycles. The largest absolute Gasteiger partial charge is 1.00 e. The van der Waals surface area contributed by atoms with Crippen LogP contribution in [0, 0.1) is 0 Å². The van der Waals surface area contributed by atoms with Crippen LogP contribution in [0.5, 0.6) is 0 Å². The van der Waals surface area contributed by atoms with Crippen LogP contribution in [0.15, 0.2) is 0 Å². The molecule has 0 saturated carbocycles. The van der Waals surface area contributed by atoms with E-state index in [4.69, 9.17) is 0 Å². The summed E-state index contributed by atoms with van der Waals surface area (Å²) >= 11 is 0. The maximum atomic E-state index is 10.1.